The molecule has 31 heavy (non-hydrogen) atoms. The Balaban J connectivity index is 0.00000480. The van der Waals surface area contributed by atoms with Gasteiger partial charge >= 0.3 is 0 Å². The van der Waals surface area contributed by atoms with Gasteiger partial charge in [0.25, 0.3) is 0 Å². The Bertz CT molecular complexity index is 823. The lowest BCUT2D eigenvalue weighted by Crippen LogP contribution is -2.41. The Morgan fingerprint density at radius 3 is 2.10 bits per heavy atom. The van der Waals surface area contributed by atoms with Crippen LogP contribution in [0.3, 0.4) is 0 Å². The van der Waals surface area contributed by atoms with E-state index >= 15 is 0 Å². The summed E-state index contributed by atoms with van der Waals surface area (Å²) < 4.78 is 27.3. The number of guanidine groups is 1. The highest BCUT2D eigenvalue weighted by Gasteiger charge is 2.13. The van der Waals surface area contributed by atoms with Crippen molar-refractivity contribution in [1.82, 2.24) is 10.6 Å². The molecule has 0 amide bonds. The topological polar surface area (TPSA) is 82.6 Å². The Hall–Kier alpha value is -2.56. The molecule has 8 nitrogen and oxygen atoms in total. The predicted molar refractivity (Wildman–Crippen MR) is 133 cm³/mol. The number of methoxy groups -OCH3 is 4. The molecule has 0 aromatic heterocycles. The Morgan fingerprint density at radius 1 is 0.903 bits per heavy atom. The average Bonchev–Trinajstić information content (AvgIpc) is 2.78. The zero-order valence-corrected chi connectivity index (χ0v) is 21.2. The number of halogens is 1. The number of aliphatic imine (C=N–C) groups is 1. The molecular weight excluding hydrogens is 513 g/mol. The smallest absolute Gasteiger partial charge is 0.203 e. The normalized spacial score (nSPS) is 11.6. The second kappa shape index (κ2) is 13.7. The van der Waals surface area contributed by atoms with Gasteiger partial charge in [0.1, 0.15) is 17.6 Å². The molecule has 2 aromatic rings. The third-order valence-electron chi connectivity index (χ3n) is 4.34. The SMILES string of the molecule is CN=C(NCc1cc(OC)c(OC)c(OC)c1)NCC(C)Oc1cccc(OC)c1.I. The van der Waals surface area contributed by atoms with Gasteiger partial charge in [-0.2, -0.15) is 0 Å². The van der Waals surface area contributed by atoms with Crippen LogP contribution in [0.1, 0.15) is 12.5 Å². The minimum absolute atomic E-state index is 0. The third-order valence-corrected chi connectivity index (χ3v) is 4.34. The van der Waals surface area contributed by atoms with Gasteiger partial charge in [-0.05, 0) is 36.8 Å². The highest BCUT2D eigenvalue weighted by molar-refractivity contribution is 14.0. The van der Waals surface area contributed by atoms with Gasteiger partial charge in [0, 0.05) is 19.7 Å². The molecule has 1 atom stereocenters. The second-order valence-corrected chi connectivity index (χ2v) is 6.45. The zero-order chi connectivity index (χ0) is 21.9. The van der Waals surface area contributed by atoms with Crippen LogP contribution in [0, 0.1) is 0 Å². The van der Waals surface area contributed by atoms with Crippen molar-refractivity contribution in [3.63, 3.8) is 0 Å². The number of benzene rings is 2. The van der Waals surface area contributed by atoms with Crippen molar-refractivity contribution in [3.8, 4) is 28.7 Å². The first-order valence-corrected chi connectivity index (χ1v) is 9.58. The number of ether oxygens (including phenoxy) is 5. The van der Waals surface area contributed by atoms with E-state index < -0.39 is 0 Å². The second-order valence-electron chi connectivity index (χ2n) is 6.45. The molecular formula is C22H32IN3O5. The highest BCUT2D eigenvalue weighted by Crippen LogP contribution is 2.38. The Labute approximate surface area is 201 Å². The monoisotopic (exact) mass is 545 g/mol. The molecule has 0 aliphatic carbocycles. The largest absolute Gasteiger partial charge is 0.497 e. The summed E-state index contributed by atoms with van der Waals surface area (Å²) in [6, 6.07) is 11.3. The molecule has 0 bridgehead atoms. The van der Waals surface area contributed by atoms with Crippen molar-refractivity contribution >= 4 is 29.9 Å². The fourth-order valence-electron chi connectivity index (χ4n) is 2.83. The fourth-order valence-corrected chi connectivity index (χ4v) is 2.83. The van der Waals surface area contributed by atoms with Gasteiger partial charge in [-0.1, -0.05) is 6.07 Å². The summed E-state index contributed by atoms with van der Waals surface area (Å²) in [5.41, 5.74) is 0.966. The summed E-state index contributed by atoms with van der Waals surface area (Å²) in [4.78, 5) is 4.26. The van der Waals surface area contributed by atoms with E-state index in [1.165, 1.54) is 0 Å². The molecule has 0 radical (unpaired) electrons. The van der Waals surface area contributed by atoms with E-state index in [4.69, 9.17) is 23.7 Å². The van der Waals surface area contributed by atoms with E-state index in [9.17, 15) is 0 Å². The molecule has 0 fully saturated rings. The molecule has 2 N–H and O–H groups in total. The van der Waals surface area contributed by atoms with Crippen LogP contribution in [0.25, 0.3) is 0 Å². The lowest BCUT2D eigenvalue weighted by atomic mass is 10.2. The highest BCUT2D eigenvalue weighted by atomic mass is 127. The Kier molecular flexibility index (Phi) is 11.7. The number of nitrogens with one attached hydrogen (secondary N) is 2. The first-order chi connectivity index (χ1) is 14.5. The molecule has 172 valence electrons. The summed E-state index contributed by atoms with van der Waals surface area (Å²) in [5.74, 6) is 3.95. The van der Waals surface area contributed by atoms with Crippen molar-refractivity contribution in [2.24, 2.45) is 4.99 Å². The molecule has 2 rings (SSSR count). The van der Waals surface area contributed by atoms with Gasteiger partial charge in [-0.25, -0.2) is 0 Å². The molecule has 1 unspecified atom stereocenters. The quantitative estimate of drug-likeness (QED) is 0.269. The minimum Gasteiger partial charge on any atom is -0.497 e. The first kappa shape index (κ1) is 26.5. The lowest BCUT2D eigenvalue weighted by molar-refractivity contribution is 0.223. The summed E-state index contributed by atoms with van der Waals surface area (Å²) in [6.45, 7) is 3.09. The van der Waals surface area contributed by atoms with Crippen molar-refractivity contribution in [1.29, 1.82) is 0 Å². The molecule has 0 aliphatic heterocycles. The summed E-state index contributed by atoms with van der Waals surface area (Å²) in [6.07, 6.45) is -0.0724. The van der Waals surface area contributed by atoms with E-state index in [0.29, 0.717) is 36.3 Å². The van der Waals surface area contributed by atoms with Crippen molar-refractivity contribution < 1.29 is 23.7 Å². The minimum atomic E-state index is -0.0724. The van der Waals surface area contributed by atoms with E-state index in [-0.39, 0.29) is 30.1 Å². The van der Waals surface area contributed by atoms with Gasteiger partial charge in [0.05, 0.1) is 35.0 Å². The standard InChI is InChI=1S/C22H31N3O5.HI/c1-15(30-18-9-7-8-17(12-18)26-3)13-24-22(23-2)25-14-16-10-19(27-4)21(29-6)20(11-16)28-5;/h7-12,15H,13-14H2,1-6H3,(H2,23,24,25);1H. The van der Waals surface area contributed by atoms with Crippen LogP contribution in [-0.2, 0) is 6.54 Å². The van der Waals surface area contributed by atoms with Gasteiger partial charge in [0.2, 0.25) is 5.75 Å². The maximum atomic E-state index is 5.93. The molecule has 0 aliphatic rings. The van der Waals surface area contributed by atoms with E-state index in [1.807, 2.05) is 43.3 Å². The van der Waals surface area contributed by atoms with Crippen LogP contribution in [0.2, 0.25) is 0 Å². The molecule has 2 aromatic carbocycles. The van der Waals surface area contributed by atoms with Crippen molar-refractivity contribution in [3.05, 3.63) is 42.0 Å². The number of hydrogen-bond donors (Lipinski definition) is 2. The van der Waals surface area contributed by atoms with Gasteiger partial charge in [0.15, 0.2) is 17.5 Å². The third kappa shape index (κ3) is 7.89. The summed E-state index contributed by atoms with van der Waals surface area (Å²) in [5, 5.41) is 6.54. The lowest BCUT2D eigenvalue weighted by Gasteiger charge is -2.19. The van der Waals surface area contributed by atoms with Gasteiger partial charge < -0.3 is 34.3 Å². The van der Waals surface area contributed by atoms with Crippen LogP contribution >= 0.6 is 24.0 Å². The molecule has 0 spiro atoms. The summed E-state index contributed by atoms with van der Waals surface area (Å²) >= 11 is 0. The predicted octanol–water partition coefficient (Wildman–Crippen LogP) is 3.47. The first-order valence-electron chi connectivity index (χ1n) is 9.58. The van der Waals surface area contributed by atoms with E-state index in [0.717, 1.165) is 17.1 Å². The van der Waals surface area contributed by atoms with Gasteiger partial charge in [-0.15, -0.1) is 24.0 Å². The van der Waals surface area contributed by atoms with Crippen molar-refractivity contribution in [2.75, 3.05) is 42.0 Å². The maximum absolute atomic E-state index is 5.93. The van der Waals surface area contributed by atoms with Crippen LogP contribution in [0.4, 0.5) is 0 Å². The van der Waals surface area contributed by atoms with Crippen LogP contribution in [0.15, 0.2) is 41.4 Å². The number of nitrogens with zero attached hydrogens (tertiary/aromatic N) is 1. The summed E-state index contributed by atoms with van der Waals surface area (Å²) in [7, 11) is 8.13. The maximum Gasteiger partial charge on any atom is 0.203 e. The van der Waals surface area contributed by atoms with E-state index in [1.54, 1.807) is 35.5 Å². The fraction of sp³-hybridized carbons (Fsp3) is 0.409. The molecule has 0 saturated heterocycles. The van der Waals surface area contributed by atoms with Crippen molar-refractivity contribution in [2.45, 2.75) is 19.6 Å². The number of rotatable bonds is 10. The zero-order valence-electron chi connectivity index (χ0n) is 18.9. The average molecular weight is 545 g/mol. The molecule has 9 heteroatoms. The van der Waals surface area contributed by atoms with Crippen LogP contribution in [0.5, 0.6) is 28.7 Å². The Morgan fingerprint density at radius 2 is 1.55 bits per heavy atom. The number of hydrogen-bond acceptors (Lipinski definition) is 6. The molecule has 0 heterocycles. The van der Waals surface area contributed by atoms with Gasteiger partial charge in [-0.3, -0.25) is 4.99 Å². The van der Waals surface area contributed by atoms with Crippen LogP contribution in [-0.4, -0.2) is 54.1 Å². The van der Waals surface area contributed by atoms with E-state index in [2.05, 4.69) is 15.6 Å². The molecule has 0 saturated carbocycles. The van der Waals surface area contributed by atoms with Crippen LogP contribution < -0.4 is 34.3 Å².